The van der Waals surface area contributed by atoms with Gasteiger partial charge in [-0.1, -0.05) is 18.2 Å². The number of nitrogens with two attached hydrogens (primary N) is 1. The summed E-state index contributed by atoms with van der Waals surface area (Å²) in [5, 5.41) is 1.29. The van der Waals surface area contributed by atoms with Gasteiger partial charge in [-0.2, -0.15) is 0 Å². The van der Waals surface area contributed by atoms with Gasteiger partial charge in [0.25, 0.3) is 0 Å². The normalized spacial score (nSPS) is 11.6. The zero-order chi connectivity index (χ0) is 10.1. The number of hydrogen-bond donors (Lipinski definition) is 1. The average Bonchev–Trinajstić information content (AvgIpc) is 2.45. The number of hydrogen-bond acceptors (Lipinski definition) is 1. The predicted octanol–water partition coefficient (Wildman–Crippen LogP) is 2.42. The Labute approximate surface area is 83.6 Å². The molecule has 2 nitrogen and oxygen atoms in total. The first kappa shape index (κ1) is 8.88. The van der Waals surface area contributed by atoms with E-state index in [1.807, 2.05) is 6.08 Å². The molecular weight excluding hydrogens is 172 g/mol. The number of aryl methyl sites for hydroxylation is 2. The van der Waals surface area contributed by atoms with Gasteiger partial charge in [0, 0.05) is 23.6 Å². The highest BCUT2D eigenvalue weighted by Gasteiger charge is 2.07. The molecule has 0 fully saturated rings. The van der Waals surface area contributed by atoms with E-state index >= 15 is 0 Å². The molecule has 0 unspecified atom stereocenters. The van der Waals surface area contributed by atoms with Crippen molar-refractivity contribution in [2.75, 3.05) is 0 Å². The van der Waals surface area contributed by atoms with Gasteiger partial charge >= 0.3 is 0 Å². The molecule has 0 atom stereocenters. The molecule has 1 heterocycles. The van der Waals surface area contributed by atoms with E-state index in [9.17, 15) is 0 Å². The highest BCUT2D eigenvalue weighted by molar-refractivity contribution is 5.87. The van der Waals surface area contributed by atoms with Gasteiger partial charge in [-0.15, -0.1) is 0 Å². The Hall–Kier alpha value is -1.70. The van der Waals surface area contributed by atoms with Crippen molar-refractivity contribution >= 4 is 17.0 Å². The number of aromatic nitrogens is 1. The highest BCUT2D eigenvalue weighted by atomic mass is 14.9. The van der Waals surface area contributed by atoms with E-state index in [-0.39, 0.29) is 0 Å². The predicted molar refractivity (Wildman–Crippen MR) is 60.9 cm³/mol. The minimum atomic E-state index is 1.17. The van der Waals surface area contributed by atoms with Gasteiger partial charge in [-0.3, -0.25) is 0 Å². The van der Waals surface area contributed by atoms with Crippen LogP contribution in [0.15, 0.2) is 30.5 Å². The Bertz CT molecular complexity index is 453. The summed E-state index contributed by atoms with van der Waals surface area (Å²) in [5.41, 5.74) is 9.13. The molecule has 0 aliphatic heterocycles. The fraction of sp³-hybridized carbons (Fsp3) is 0.167. The van der Waals surface area contributed by atoms with Crippen LogP contribution in [-0.2, 0) is 7.05 Å². The molecule has 0 spiro atoms. The molecule has 2 N–H and O–H groups in total. The van der Waals surface area contributed by atoms with E-state index < -0.39 is 0 Å². The molecule has 14 heavy (non-hydrogen) atoms. The van der Waals surface area contributed by atoms with E-state index in [0.29, 0.717) is 0 Å². The van der Waals surface area contributed by atoms with Crippen molar-refractivity contribution in [3.05, 3.63) is 41.7 Å². The molecule has 2 rings (SSSR count). The fourth-order valence-electron chi connectivity index (χ4n) is 1.93. The first-order valence-corrected chi connectivity index (χ1v) is 4.68. The standard InChI is InChI=1S/C12H14N2/c1-9-10-5-3-4-6-12(10)14(2)11(9)7-8-13/h3-8H,13H2,1-2H3/b8-7-. The maximum absolute atomic E-state index is 5.43. The second-order valence-corrected chi connectivity index (χ2v) is 3.45. The van der Waals surface area contributed by atoms with Crippen molar-refractivity contribution in [1.82, 2.24) is 4.57 Å². The minimum absolute atomic E-state index is 1.17. The monoisotopic (exact) mass is 186 g/mol. The third-order valence-electron chi connectivity index (χ3n) is 2.67. The lowest BCUT2D eigenvalue weighted by atomic mass is 10.1. The quantitative estimate of drug-likeness (QED) is 0.728. The molecule has 0 saturated heterocycles. The molecule has 0 bridgehead atoms. The molecule has 2 aromatic rings. The fourth-order valence-corrected chi connectivity index (χ4v) is 1.93. The van der Waals surface area contributed by atoms with E-state index in [0.717, 1.165) is 0 Å². The first-order valence-electron chi connectivity index (χ1n) is 4.68. The van der Waals surface area contributed by atoms with Crippen LogP contribution in [0.1, 0.15) is 11.3 Å². The second-order valence-electron chi connectivity index (χ2n) is 3.45. The van der Waals surface area contributed by atoms with Crippen LogP contribution in [0.25, 0.3) is 17.0 Å². The Morgan fingerprint density at radius 2 is 2.00 bits per heavy atom. The molecule has 0 radical (unpaired) electrons. The zero-order valence-corrected chi connectivity index (χ0v) is 8.49. The van der Waals surface area contributed by atoms with Gasteiger partial charge in [-0.25, -0.2) is 0 Å². The summed E-state index contributed by atoms with van der Waals surface area (Å²) in [6, 6.07) is 8.37. The van der Waals surface area contributed by atoms with Crippen LogP contribution in [0.5, 0.6) is 0 Å². The number of nitrogens with zero attached hydrogens (tertiary/aromatic N) is 1. The van der Waals surface area contributed by atoms with Crippen LogP contribution in [0, 0.1) is 6.92 Å². The molecule has 0 saturated carbocycles. The largest absolute Gasteiger partial charge is 0.405 e. The Kier molecular flexibility index (Phi) is 2.04. The van der Waals surface area contributed by atoms with Crippen LogP contribution in [0.4, 0.5) is 0 Å². The lowest BCUT2D eigenvalue weighted by Gasteiger charge is -1.98. The summed E-state index contributed by atoms with van der Waals surface area (Å²) in [7, 11) is 2.06. The van der Waals surface area contributed by atoms with Gasteiger partial charge in [0.15, 0.2) is 0 Å². The lowest BCUT2D eigenvalue weighted by Crippen LogP contribution is -1.91. The molecule has 0 aliphatic carbocycles. The van der Waals surface area contributed by atoms with Crippen molar-refractivity contribution in [3.8, 4) is 0 Å². The Morgan fingerprint density at radius 1 is 1.29 bits per heavy atom. The van der Waals surface area contributed by atoms with Crippen molar-refractivity contribution in [2.24, 2.45) is 12.8 Å². The van der Waals surface area contributed by atoms with Crippen LogP contribution >= 0.6 is 0 Å². The van der Waals surface area contributed by atoms with Crippen LogP contribution in [0.3, 0.4) is 0 Å². The first-order chi connectivity index (χ1) is 6.75. The summed E-state index contributed by atoms with van der Waals surface area (Å²) < 4.78 is 2.16. The van der Waals surface area contributed by atoms with E-state index in [2.05, 4.69) is 42.8 Å². The average molecular weight is 186 g/mol. The molecule has 0 aliphatic rings. The summed E-state index contributed by atoms with van der Waals surface area (Å²) in [6.07, 6.45) is 3.52. The smallest absolute Gasteiger partial charge is 0.0485 e. The summed E-state index contributed by atoms with van der Waals surface area (Å²) in [6.45, 7) is 2.12. The van der Waals surface area contributed by atoms with E-state index in [4.69, 9.17) is 5.73 Å². The molecular formula is C12H14N2. The van der Waals surface area contributed by atoms with Crippen LogP contribution < -0.4 is 5.73 Å². The molecule has 1 aromatic heterocycles. The van der Waals surface area contributed by atoms with Crippen molar-refractivity contribution in [2.45, 2.75) is 6.92 Å². The number of para-hydroxylation sites is 1. The Morgan fingerprint density at radius 3 is 2.64 bits per heavy atom. The molecule has 2 heteroatoms. The van der Waals surface area contributed by atoms with Gasteiger partial charge < -0.3 is 10.3 Å². The Balaban J connectivity index is 2.85. The van der Waals surface area contributed by atoms with Crippen molar-refractivity contribution < 1.29 is 0 Å². The van der Waals surface area contributed by atoms with E-state index in [1.165, 1.54) is 22.2 Å². The second kappa shape index (κ2) is 3.22. The van der Waals surface area contributed by atoms with Gasteiger partial charge in [0.1, 0.15) is 0 Å². The minimum Gasteiger partial charge on any atom is -0.405 e. The van der Waals surface area contributed by atoms with Gasteiger partial charge in [0.2, 0.25) is 0 Å². The number of benzene rings is 1. The maximum Gasteiger partial charge on any atom is 0.0485 e. The lowest BCUT2D eigenvalue weighted by molar-refractivity contribution is 0.948. The number of fused-ring (bicyclic) bond motifs is 1. The van der Waals surface area contributed by atoms with Gasteiger partial charge in [-0.05, 0) is 30.8 Å². The third-order valence-corrected chi connectivity index (χ3v) is 2.67. The topological polar surface area (TPSA) is 30.9 Å². The summed E-state index contributed by atoms with van der Waals surface area (Å²) in [4.78, 5) is 0. The molecule has 0 amide bonds. The van der Waals surface area contributed by atoms with Crippen LogP contribution in [0.2, 0.25) is 0 Å². The van der Waals surface area contributed by atoms with Crippen molar-refractivity contribution in [3.63, 3.8) is 0 Å². The summed E-state index contributed by atoms with van der Waals surface area (Å²) in [5.74, 6) is 0. The molecule has 72 valence electrons. The summed E-state index contributed by atoms with van der Waals surface area (Å²) >= 11 is 0. The maximum atomic E-state index is 5.43. The zero-order valence-electron chi connectivity index (χ0n) is 8.49. The SMILES string of the molecule is Cc1c(/C=C\N)n(C)c2ccccc12. The molecule has 1 aromatic carbocycles. The number of rotatable bonds is 1. The van der Waals surface area contributed by atoms with E-state index in [1.54, 1.807) is 6.20 Å². The highest BCUT2D eigenvalue weighted by Crippen LogP contribution is 2.24. The third kappa shape index (κ3) is 1.11. The van der Waals surface area contributed by atoms with Crippen LogP contribution in [-0.4, -0.2) is 4.57 Å². The van der Waals surface area contributed by atoms with Gasteiger partial charge in [0.05, 0.1) is 0 Å². The van der Waals surface area contributed by atoms with Crippen molar-refractivity contribution in [1.29, 1.82) is 0 Å².